The summed E-state index contributed by atoms with van der Waals surface area (Å²) in [6.07, 6.45) is 2.19. The third-order valence-electron chi connectivity index (χ3n) is 4.44. The van der Waals surface area contributed by atoms with Crippen LogP contribution < -0.4 is 4.90 Å². The van der Waals surface area contributed by atoms with Crippen molar-refractivity contribution in [2.45, 2.75) is 13.0 Å². The van der Waals surface area contributed by atoms with Gasteiger partial charge in [-0.15, -0.1) is 11.3 Å². The van der Waals surface area contributed by atoms with Crippen molar-refractivity contribution in [3.05, 3.63) is 90.1 Å². The molecule has 0 aliphatic rings. The zero-order valence-corrected chi connectivity index (χ0v) is 16.4. The fourth-order valence-electron chi connectivity index (χ4n) is 3.11. The molecular weight excluding hydrogens is 380 g/mol. The Labute approximate surface area is 173 Å². The molecular formula is C23H18N4OS. The summed E-state index contributed by atoms with van der Waals surface area (Å²) >= 11 is 1.56. The minimum Gasteiger partial charge on any atom is -0.276 e. The molecule has 2 aromatic carbocycles. The number of rotatable bonds is 6. The second-order valence-corrected chi connectivity index (χ2v) is 7.30. The molecule has 1 amide bonds. The van der Waals surface area contributed by atoms with Crippen LogP contribution in [0.3, 0.4) is 0 Å². The number of carbonyl (C=O) groups excluding carboxylic acids is 1. The van der Waals surface area contributed by atoms with E-state index in [9.17, 15) is 4.79 Å². The number of anilines is 2. The molecule has 0 aliphatic carbocycles. The first-order valence-corrected chi connectivity index (χ1v) is 10.1. The van der Waals surface area contributed by atoms with Crippen LogP contribution in [0.2, 0.25) is 0 Å². The number of nitriles is 1. The normalized spacial score (nSPS) is 10.4. The summed E-state index contributed by atoms with van der Waals surface area (Å²) in [7, 11) is 0. The maximum Gasteiger partial charge on any atom is 0.284 e. The highest BCUT2D eigenvalue weighted by Gasteiger charge is 2.26. The summed E-state index contributed by atoms with van der Waals surface area (Å²) in [5.74, 6) is -0.207. The number of hydrogen-bond acceptors (Lipinski definition) is 4. The molecule has 0 unspecified atom stereocenters. The predicted octanol–water partition coefficient (Wildman–Crippen LogP) is 5.50. The van der Waals surface area contributed by atoms with E-state index in [0.717, 1.165) is 21.8 Å². The van der Waals surface area contributed by atoms with E-state index in [1.807, 2.05) is 84.4 Å². The van der Waals surface area contributed by atoms with Crippen LogP contribution >= 0.6 is 11.3 Å². The van der Waals surface area contributed by atoms with Crippen molar-refractivity contribution >= 4 is 28.6 Å². The highest BCUT2D eigenvalue weighted by molar-refractivity contribution is 7.13. The summed E-state index contributed by atoms with van der Waals surface area (Å²) in [4.78, 5) is 16.4. The van der Waals surface area contributed by atoms with Gasteiger partial charge in [-0.25, -0.2) is 0 Å². The number of nitrogens with zero attached hydrogens (tertiary/aromatic N) is 4. The van der Waals surface area contributed by atoms with E-state index in [1.165, 1.54) is 0 Å². The van der Waals surface area contributed by atoms with E-state index in [2.05, 4.69) is 11.2 Å². The second kappa shape index (κ2) is 8.55. The van der Waals surface area contributed by atoms with Gasteiger partial charge in [0.15, 0.2) is 5.69 Å². The topological polar surface area (TPSA) is 61.9 Å². The van der Waals surface area contributed by atoms with Crippen LogP contribution in [0.25, 0.3) is 10.4 Å². The van der Waals surface area contributed by atoms with Crippen molar-refractivity contribution in [2.24, 2.45) is 0 Å². The van der Waals surface area contributed by atoms with Crippen LogP contribution in [0, 0.1) is 11.3 Å². The van der Waals surface area contributed by atoms with Gasteiger partial charge in [-0.3, -0.25) is 14.4 Å². The molecule has 0 saturated heterocycles. The van der Waals surface area contributed by atoms with Crippen molar-refractivity contribution in [2.75, 3.05) is 4.90 Å². The zero-order chi connectivity index (χ0) is 20.1. The maximum atomic E-state index is 13.7. The molecule has 29 heavy (non-hydrogen) atoms. The van der Waals surface area contributed by atoms with Crippen molar-refractivity contribution in [1.82, 2.24) is 9.78 Å². The molecule has 6 heteroatoms. The van der Waals surface area contributed by atoms with E-state index in [-0.39, 0.29) is 5.91 Å². The highest BCUT2D eigenvalue weighted by Crippen LogP contribution is 2.32. The third-order valence-corrected chi connectivity index (χ3v) is 5.34. The van der Waals surface area contributed by atoms with Crippen LogP contribution in [-0.2, 0) is 6.54 Å². The van der Waals surface area contributed by atoms with Gasteiger partial charge in [-0.1, -0.05) is 42.5 Å². The molecule has 4 aromatic rings. The summed E-state index contributed by atoms with van der Waals surface area (Å²) < 4.78 is 1.68. The van der Waals surface area contributed by atoms with Gasteiger partial charge in [0, 0.05) is 28.0 Å². The number of thiophene rings is 1. The number of para-hydroxylation sites is 2. The van der Waals surface area contributed by atoms with E-state index in [1.54, 1.807) is 20.9 Å². The number of aromatic nitrogens is 2. The largest absolute Gasteiger partial charge is 0.284 e. The standard InChI is InChI=1S/C23H18N4OS/c24-14-8-15-26-17-20(21-13-7-16-29-21)22(25-26)23(28)27(18-9-3-1-4-10-18)19-11-5-2-6-12-19/h1-7,9-13,16-17H,8,15H2. The molecule has 0 atom stereocenters. The molecule has 0 radical (unpaired) electrons. The molecule has 2 heterocycles. The second-order valence-electron chi connectivity index (χ2n) is 6.35. The summed E-state index contributed by atoms with van der Waals surface area (Å²) in [5, 5.41) is 15.4. The molecule has 5 nitrogen and oxygen atoms in total. The molecule has 0 spiro atoms. The fourth-order valence-corrected chi connectivity index (χ4v) is 3.85. The van der Waals surface area contributed by atoms with Gasteiger partial charge in [0.1, 0.15) is 0 Å². The number of benzene rings is 2. The Morgan fingerprint density at radius 2 is 1.66 bits per heavy atom. The third kappa shape index (κ3) is 3.96. The van der Waals surface area contributed by atoms with Crippen molar-refractivity contribution < 1.29 is 4.79 Å². The molecule has 0 saturated carbocycles. The van der Waals surface area contributed by atoms with Crippen molar-refractivity contribution in [1.29, 1.82) is 5.26 Å². The Bertz CT molecular complexity index is 1090. The Balaban J connectivity index is 1.82. The smallest absolute Gasteiger partial charge is 0.276 e. The van der Waals surface area contributed by atoms with Crippen LogP contribution in [0.5, 0.6) is 0 Å². The zero-order valence-electron chi connectivity index (χ0n) is 15.6. The molecule has 0 fully saturated rings. The van der Waals surface area contributed by atoms with E-state index in [4.69, 9.17) is 5.26 Å². The first-order chi connectivity index (χ1) is 14.3. The van der Waals surface area contributed by atoms with Crippen LogP contribution in [0.15, 0.2) is 84.4 Å². The molecule has 142 valence electrons. The van der Waals surface area contributed by atoms with Crippen LogP contribution in [0.4, 0.5) is 11.4 Å². The minimum atomic E-state index is -0.207. The van der Waals surface area contributed by atoms with Gasteiger partial charge in [-0.05, 0) is 35.7 Å². The SMILES string of the molecule is N#CCCn1cc(-c2cccs2)c(C(=O)N(c2ccccc2)c2ccccc2)n1. The Hall–Kier alpha value is -3.69. The van der Waals surface area contributed by atoms with Gasteiger partial charge in [0.2, 0.25) is 0 Å². The quantitative estimate of drug-likeness (QED) is 0.431. The fraction of sp³-hybridized carbons (Fsp3) is 0.0870. The van der Waals surface area contributed by atoms with E-state index in [0.29, 0.717) is 18.7 Å². The lowest BCUT2D eigenvalue weighted by molar-refractivity contribution is 0.0994. The number of carbonyl (C=O) groups is 1. The van der Waals surface area contributed by atoms with Crippen molar-refractivity contribution in [3.63, 3.8) is 0 Å². The lowest BCUT2D eigenvalue weighted by Gasteiger charge is -2.22. The monoisotopic (exact) mass is 398 g/mol. The molecule has 2 aromatic heterocycles. The minimum absolute atomic E-state index is 0.207. The number of hydrogen-bond donors (Lipinski definition) is 0. The van der Waals surface area contributed by atoms with Crippen molar-refractivity contribution in [3.8, 4) is 16.5 Å². The van der Waals surface area contributed by atoms with E-state index < -0.39 is 0 Å². The van der Waals surface area contributed by atoms with Crippen LogP contribution in [0.1, 0.15) is 16.9 Å². The molecule has 0 aliphatic heterocycles. The predicted molar refractivity (Wildman–Crippen MR) is 115 cm³/mol. The Morgan fingerprint density at radius 3 is 2.21 bits per heavy atom. The lowest BCUT2D eigenvalue weighted by atomic mass is 10.1. The molecule has 0 N–H and O–H groups in total. The van der Waals surface area contributed by atoms with Gasteiger partial charge < -0.3 is 0 Å². The van der Waals surface area contributed by atoms with Gasteiger partial charge in [0.25, 0.3) is 5.91 Å². The molecule has 0 bridgehead atoms. The first-order valence-electron chi connectivity index (χ1n) is 9.21. The average molecular weight is 398 g/mol. The van der Waals surface area contributed by atoms with Crippen LogP contribution in [-0.4, -0.2) is 15.7 Å². The lowest BCUT2D eigenvalue weighted by Crippen LogP contribution is -2.27. The average Bonchev–Trinajstić information content (AvgIpc) is 3.44. The summed E-state index contributed by atoms with van der Waals surface area (Å²) in [6, 6.07) is 25.1. The van der Waals surface area contributed by atoms with Gasteiger partial charge in [-0.2, -0.15) is 10.4 Å². The van der Waals surface area contributed by atoms with Gasteiger partial charge >= 0.3 is 0 Å². The first kappa shape index (κ1) is 18.7. The number of aryl methyl sites for hydroxylation is 1. The van der Waals surface area contributed by atoms with E-state index >= 15 is 0 Å². The summed E-state index contributed by atoms with van der Waals surface area (Å²) in [6.45, 7) is 0.443. The summed E-state index contributed by atoms with van der Waals surface area (Å²) in [5.41, 5.74) is 2.69. The Morgan fingerprint density at radius 1 is 1.00 bits per heavy atom. The number of amides is 1. The van der Waals surface area contributed by atoms with Gasteiger partial charge in [0.05, 0.1) is 19.0 Å². The molecule has 4 rings (SSSR count). The maximum absolute atomic E-state index is 13.7. The Kier molecular flexibility index (Phi) is 5.50. The highest BCUT2D eigenvalue weighted by atomic mass is 32.1.